The van der Waals surface area contributed by atoms with Gasteiger partial charge in [-0.3, -0.25) is 9.36 Å². The molecule has 0 amide bonds. The number of aryl methyl sites for hydroxylation is 1. The van der Waals surface area contributed by atoms with Crippen molar-refractivity contribution in [3.63, 3.8) is 0 Å². The van der Waals surface area contributed by atoms with Crippen LogP contribution in [0.1, 0.15) is 12.0 Å². The van der Waals surface area contributed by atoms with E-state index in [-0.39, 0.29) is 5.56 Å². The molecule has 0 saturated heterocycles. The summed E-state index contributed by atoms with van der Waals surface area (Å²) in [6.07, 6.45) is 4.16. The zero-order chi connectivity index (χ0) is 21.7. The molecule has 4 heterocycles. The highest BCUT2D eigenvalue weighted by Crippen LogP contribution is 2.33. The Morgan fingerprint density at radius 1 is 1.00 bits per heavy atom. The third-order valence-corrected chi connectivity index (χ3v) is 5.52. The van der Waals surface area contributed by atoms with Crippen LogP contribution in [-0.4, -0.2) is 37.4 Å². The van der Waals surface area contributed by atoms with Gasteiger partial charge < -0.3 is 9.47 Å². The molecule has 6 rings (SSSR count). The van der Waals surface area contributed by atoms with E-state index in [1.165, 1.54) is 0 Å². The van der Waals surface area contributed by atoms with Crippen molar-refractivity contribution in [1.82, 2.24) is 24.1 Å². The zero-order valence-corrected chi connectivity index (χ0v) is 17.4. The predicted octanol–water partition coefficient (Wildman–Crippen LogP) is 3.57. The van der Waals surface area contributed by atoms with Gasteiger partial charge in [0.05, 0.1) is 24.1 Å². The number of benzene rings is 2. The van der Waals surface area contributed by atoms with Crippen LogP contribution in [0.4, 0.5) is 0 Å². The smallest absolute Gasteiger partial charge is 0.266 e. The lowest BCUT2D eigenvalue weighted by atomic mass is 10.2. The highest BCUT2D eigenvalue weighted by atomic mass is 16.5. The summed E-state index contributed by atoms with van der Waals surface area (Å²) in [5.74, 6) is 2.32. The van der Waals surface area contributed by atoms with E-state index in [0.717, 1.165) is 29.0 Å². The number of pyridine rings is 1. The van der Waals surface area contributed by atoms with Gasteiger partial charge >= 0.3 is 0 Å². The third kappa shape index (κ3) is 2.99. The normalized spacial score (nSPS) is 13.4. The van der Waals surface area contributed by atoms with E-state index in [2.05, 4.69) is 15.1 Å². The zero-order valence-electron chi connectivity index (χ0n) is 17.4. The van der Waals surface area contributed by atoms with Gasteiger partial charge in [-0.2, -0.15) is 9.50 Å². The van der Waals surface area contributed by atoms with Crippen LogP contribution in [0, 0.1) is 6.92 Å². The molecule has 0 fully saturated rings. The minimum Gasteiger partial charge on any atom is -0.490 e. The van der Waals surface area contributed by atoms with Gasteiger partial charge in [-0.25, -0.2) is 4.98 Å². The Labute approximate surface area is 182 Å². The van der Waals surface area contributed by atoms with E-state index in [9.17, 15) is 4.79 Å². The van der Waals surface area contributed by atoms with Gasteiger partial charge in [0.25, 0.3) is 11.3 Å². The predicted molar refractivity (Wildman–Crippen MR) is 120 cm³/mol. The Morgan fingerprint density at radius 2 is 1.88 bits per heavy atom. The van der Waals surface area contributed by atoms with Crippen molar-refractivity contribution in [3.8, 4) is 28.6 Å². The van der Waals surface area contributed by atoms with Crippen LogP contribution in [0.25, 0.3) is 33.8 Å². The molecule has 8 nitrogen and oxygen atoms in total. The number of aromatic nitrogens is 5. The number of rotatable bonds is 2. The molecule has 0 radical (unpaired) electrons. The highest BCUT2D eigenvalue weighted by molar-refractivity contribution is 5.79. The molecule has 0 unspecified atom stereocenters. The molecule has 1 aliphatic rings. The van der Waals surface area contributed by atoms with E-state index >= 15 is 0 Å². The first-order valence-corrected chi connectivity index (χ1v) is 10.4. The molecule has 0 N–H and O–H groups in total. The van der Waals surface area contributed by atoms with Crippen LogP contribution in [0.5, 0.6) is 11.5 Å². The maximum absolute atomic E-state index is 13.2. The summed E-state index contributed by atoms with van der Waals surface area (Å²) < 4.78 is 14.7. The van der Waals surface area contributed by atoms with E-state index in [1.807, 2.05) is 55.5 Å². The van der Waals surface area contributed by atoms with E-state index in [0.29, 0.717) is 41.5 Å². The molecule has 8 heteroatoms. The molecule has 0 saturated carbocycles. The third-order valence-electron chi connectivity index (χ3n) is 5.52. The minimum atomic E-state index is -0.157. The average molecular weight is 425 g/mol. The van der Waals surface area contributed by atoms with Gasteiger partial charge in [0.2, 0.25) is 0 Å². The molecule has 158 valence electrons. The van der Waals surface area contributed by atoms with Gasteiger partial charge in [0.1, 0.15) is 0 Å². The number of nitrogens with zero attached hydrogens (tertiary/aromatic N) is 5. The molecule has 3 aromatic heterocycles. The minimum absolute atomic E-state index is 0.157. The van der Waals surface area contributed by atoms with Gasteiger partial charge in [-0.05, 0) is 48.9 Å². The molecule has 0 aliphatic carbocycles. The summed E-state index contributed by atoms with van der Waals surface area (Å²) in [4.78, 5) is 22.1. The topological polar surface area (TPSA) is 83.5 Å². The lowest BCUT2D eigenvalue weighted by Crippen LogP contribution is -2.18. The Kier molecular flexibility index (Phi) is 4.17. The lowest BCUT2D eigenvalue weighted by Gasteiger charge is -2.08. The molecular formula is C24H19N5O3. The first-order valence-electron chi connectivity index (χ1n) is 10.4. The van der Waals surface area contributed by atoms with Crippen LogP contribution in [0.2, 0.25) is 0 Å². The van der Waals surface area contributed by atoms with E-state index in [4.69, 9.17) is 9.47 Å². The molecule has 32 heavy (non-hydrogen) atoms. The number of ether oxygens (including phenoxy) is 2. The molecule has 0 bridgehead atoms. The molecular weight excluding hydrogens is 406 g/mol. The van der Waals surface area contributed by atoms with Gasteiger partial charge in [0, 0.05) is 30.1 Å². The van der Waals surface area contributed by atoms with Crippen LogP contribution in [0.15, 0.2) is 65.7 Å². The first kappa shape index (κ1) is 18.6. The Balaban J connectivity index is 1.48. The SMILES string of the molecule is Cc1cccc(-n2ccc3c(cnc4nc(-c5ccc6c(c5)OCCCO6)nn43)c2=O)c1. The van der Waals surface area contributed by atoms with Crippen molar-refractivity contribution >= 4 is 16.7 Å². The Morgan fingerprint density at radius 3 is 2.75 bits per heavy atom. The lowest BCUT2D eigenvalue weighted by molar-refractivity contribution is 0.297. The highest BCUT2D eigenvalue weighted by Gasteiger charge is 2.16. The summed E-state index contributed by atoms with van der Waals surface area (Å²) in [7, 11) is 0. The van der Waals surface area contributed by atoms with Crippen molar-refractivity contribution < 1.29 is 9.47 Å². The summed E-state index contributed by atoms with van der Waals surface area (Å²) in [6.45, 7) is 3.24. The molecule has 0 atom stereocenters. The molecule has 2 aromatic carbocycles. The largest absolute Gasteiger partial charge is 0.490 e. The van der Waals surface area contributed by atoms with Crippen molar-refractivity contribution in [2.45, 2.75) is 13.3 Å². The van der Waals surface area contributed by atoms with E-state index < -0.39 is 0 Å². The first-order chi connectivity index (χ1) is 15.7. The van der Waals surface area contributed by atoms with Crippen LogP contribution in [-0.2, 0) is 0 Å². The van der Waals surface area contributed by atoms with Gasteiger partial charge in [-0.15, -0.1) is 5.10 Å². The monoisotopic (exact) mass is 425 g/mol. The van der Waals surface area contributed by atoms with Crippen LogP contribution in [0.3, 0.4) is 0 Å². The van der Waals surface area contributed by atoms with Gasteiger partial charge in [-0.1, -0.05) is 12.1 Å². The standard InChI is InChI=1S/C24H19N5O3/c1-15-4-2-5-17(12-15)28-9-8-19-18(23(28)30)14-25-24-26-22(27-29(19)24)16-6-7-20-21(13-16)32-11-3-10-31-20/h2,4-9,12-14H,3,10-11H2,1H3. The summed E-state index contributed by atoms with van der Waals surface area (Å²) >= 11 is 0. The quantitative estimate of drug-likeness (QED) is 0.430. The van der Waals surface area contributed by atoms with Crippen molar-refractivity contribution in [2.24, 2.45) is 0 Å². The maximum Gasteiger partial charge on any atom is 0.266 e. The van der Waals surface area contributed by atoms with Crippen molar-refractivity contribution in [3.05, 3.63) is 76.8 Å². The molecule has 1 aliphatic heterocycles. The second-order valence-electron chi connectivity index (χ2n) is 7.75. The molecule has 5 aromatic rings. The average Bonchev–Trinajstić information content (AvgIpc) is 3.11. The van der Waals surface area contributed by atoms with Crippen LogP contribution >= 0.6 is 0 Å². The van der Waals surface area contributed by atoms with Gasteiger partial charge in [0.15, 0.2) is 17.3 Å². The Bertz CT molecular complexity index is 1550. The number of hydrogen-bond donors (Lipinski definition) is 0. The summed E-state index contributed by atoms with van der Waals surface area (Å²) in [5, 5.41) is 5.11. The van der Waals surface area contributed by atoms with Crippen molar-refractivity contribution in [2.75, 3.05) is 13.2 Å². The fraction of sp³-hybridized carbons (Fsp3) is 0.167. The van der Waals surface area contributed by atoms with E-state index in [1.54, 1.807) is 21.5 Å². The fourth-order valence-electron chi connectivity index (χ4n) is 3.93. The summed E-state index contributed by atoms with van der Waals surface area (Å²) in [5.41, 5.74) is 3.18. The summed E-state index contributed by atoms with van der Waals surface area (Å²) in [6, 6.07) is 15.3. The number of fused-ring (bicyclic) bond motifs is 4. The van der Waals surface area contributed by atoms with Crippen LogP contribution < -0.4 is 15.0 Å². The second kappa shape index (κ2) is 7.19. The Hall–Kier alpha value is -4.20. The van der Waals surface area contributed by atoms with Crippen molar-refractivity contribution in [1.29, 1.82) is 0 Å². The maximum atomic E-state index is 13.2. The fourth-order valence-corrected chi connectivity index (χ4v) is 3.93. The number of hydrogen-bond acceptors (Lipinski definition) is 6. The second-order valence-corrected chi connectivity index (χ2v) is 7.75. The molecule has 0 spiro atoms.